The molecular formula is C24H29ClN8O3. The van der Waals surface area contributed by atoms with Crippen molar-refractivity contribution < 1.29 is 9.53 Å². The van der Waals surface area contributed by atoms with E-state index in [1.54, 1.807) is 39.0 Å². The Bertz CT molecular complexity index is 1360. The predicted molar refractivity (Wildman–Crippen MR) is 138 cm³/mol. The second-order valence-corrected chi connectivity index (χ2v) is 9.45. The molecule has 2 aromatic heterocycles. The van der Waals surface area contributed by atoms with Crippen molar-refractivity contribution in [1.82, 2.24) is 24.8 Å². The maximum Gasteiger partial charge on any atom is 0.407 e. The van der Waals surface area contributed by atoms with Gasteiger partial charge in [-0.15, -0.1) is 0 Å². The van der Waals surface area contributed by atoms with E-state index in [1.165, 1.54) is 10.9 Å². The molecule has 12 heteroatoms. The van der Waals surface area contributed by atoms with E-state index < -0.39 is 17.7 Å². The molecule has 1 atom stereocenters. The van der Waals surface area contributed by atoms with Crippen LogP contribution in [0.1, 0.15) is 58.0 Å². The number of nitrogen functional groups attached to an aromatic ring is 1. The number of aromatic nitrogens is 4. The average Bonchev–Trinajstić information content (AvgIpc) is 2.80. The van der Waals surface area contributed by atoms with Crippen LogP contribution in [0.2, 0.25) is 5.02 Å². The Morgan fingerprint density at radius 2 is 2.08 bits per heavy atom. The summed E-state index contributed by atoms with van der Waals surface area (Å²) in [6, 6.07) is 6.60. The lowest BCUT2D eigenvalue weighted by Gasteiger charge is -2.23. The third-order valence-electron chi connectivity index (χ3n) is 5.21. The highest BCUT2D eigenvalue weighted by Crippen LogP contribution is 2.26. The molecule has 0 radical (unpaired) electrons. The largest absolute Gasteiger partial charge is 0.444 e. The molecule has 1 aromatic carbocycles. The number of benzene rings is 1. The molecule has 0 spiro atoms. The summed E-state index contributed by atoms with van der Waals surface area (Å²) in [7, 11) is 0. The number of fused-ring (bicyclic) bond motifs is 1. The molecule has 0 aliphatic carbocycles. The van der Waals surface area contributed by atoms with Crippen LogP contribution in [0.4, 0.5) is 16.4 Å². The topological polar surface area (TPSA) is 161 Å². The molecule has 3 rings (SSSR count). The first-order valence-corrected chi connectivity index (χ1v) is 11.9. The molecule has 2 heterocycles. The van der Waals surface area contributed by atoms with Gasteiger partial charge < -0.3 is 21.1 Å². The highest BCUT2D eigenvalue weighted by Gasteiger charge is 2.22. The Morgan fingerprint density at radius 1 is 1.33 bits per heavy atom. The fourth-order valence-corrected chi connectivity index (χ4v) is 3.85. The van der Waals surface area contributed by atoms with E-state index in [1.807, 2.05) is 13.0 Å². The van der Waals surface area contributed by atoms with Crippen LogP contribution in [-0.4, -0.2) is 37.8 Å². The Kier molecular flexibility index (Phi) is 8.32. The van der Waals surface area contributed by atoms with E-state index in [4.69, 9.17) is 27.1 Å². The monoisotopic (exact) mass is 512 g/mol. The Hall–Kier alpha value is -3.91. The van der Waals surface area contributed by atoms with Gasteiger partial charge in [-0.1, -0.05) is 24.6 Å². The minimum absolute atomic E-state index is 0.0497. The number of carbonyl (C=O) groups is 1. The van der Waals surface area contributed by atoms with Crippen LogP contribution in [0.5, 0.6) is 0 Å². The van der Waals surface area contributed by atoms with Crippen molar-refractivity contribution in [2.75, 3.05) is 17.6 Å². The van der Waals surface area contributed by atoms with E-state index in [9.17, 15) is 14.9 Å². The summed E-state index contributed by atoms with van der Waals surface area (Å²) in [6.45, 7) is 7.80. The lowest BCUT2D eigenvalue weighted by atomic mass is 10.1. The molecule has 3 aromatic rings. The number of carbonyl (C=O) groups excluding carboxylic acids is 1. The van der Waals surface area contributed by atoms with Gasteiger partial charge in [0.25, 0.3) is 5.56 Å². The van der Waals surface area contributed by atoms with Gasteiger partial charge in [-0.2, -0.15) is 5.26 Å². The van der Waals surface area contributed by atoms with E-state index in [-0.39, 0.29) is 35.8 Å². The van der Waals surface area contributed by atoms with Gasteiger partial charge in [0.15, 0.2) is 0 Å². The van der Waals surface area contributed by atoms with Crippen molar-refractivity contribution in [2.45, 2.75) is 58.7 Å². The van der Waals surface area contributed by atoms with Crippen molar-refractivity contribution in [2.24, 2.45) is 0 Å². The molecule has 36 heavy (non-hydrogen) atoms. The van der Waals surface area contributed by atoms with E-state index >= 15 is 0 Å². The third-order valence-corrected chi connectivity index (χ3v) is 5.52. The summed E-state index contributed by atoms with van der Waals surface area (Å²) in [5, 5.41) is 16.0. The van der Waals surface area contributed by atoms with Gasteiger partial charge in [0.05, 0.1) is 22.0 Å². The number of nitrogens with one attached hydrogen (secondary N) is 2. The first-order valence-electron chi connectivity index (χ1n) is 11.5. The summed E-state index contributed by atoms with van der Waals surface area (Å²) >= 11 is 6.34. The summed E-state index contributed by atoms with van der Waals surface area (Å²) in [4.78, 5) is 38.3. The van der Waals surface area contributed by atoms with Crippen LogP contribution < -0.4 is 21.9 Å². The number of anilines is 2. The zero-order valence-corrected chi connectivity index (χ0v) is 21.4. The first kappa shape index (κ1) is 26.7. The van der Waals surface area contributed by atoms with Crippen LogP contribution in [-0.2, 0) is 11.3 Å². The molecule has 11 nitrogen and oxygen atoms in total. The quantitative estimate of drug-likeness (QED) is 0.381. The second kappa shape index (κ2) is 11.2. The summed E-state index contributed by atoms with van der Waals surface area (Å²) in [5.41, 5.74) is 5.48. The number of hydrogen-bond acceptors (Lipinski definition) is 9. The van der Waals surface area contributed by atoms with Crippen molar-refractivity contribution in [3.63, 3.8) is 0 Å². The standard InChI is InChI=1S/C24H29ClN8O3/c1-5-16(31-20-14(12-26)19(27)29-13-30-20)21-32-17-9-6-8-15(25)18(17)22(34)33(21)11-7-10-28-23(35)36-24(2,3)4/h6,8-9,13,16H,5,7,10-11H2,1-4H3,(H,28,35)(H3,27,29,30,31)/t16-/m0/s1. The van der Waals surface area contributed by atoms with Crippen molar-refractivity contribution in [3.05, 3.63) is 51.3 Å². The van der Waals surface area contributed by atoms with E-state index in [2.05, 4.69) is 20.6 Å². The Labute approximate surface area is 213 Å². The average molecular weight is 513 g/mol. The summed E-state index contributed by atoms with van der Waals surface area (Å²) < 4.78 is 6.79. The number of amides is 1. The number of hydrogen-bond donors (Lipinski definition) is 3. The number of halogens is 1. The maximum absolute atomic E-state index is 13.5. The first-order chi connectivity index (χ1) is 17.1. The highest BCUT2D eigenvalue weighted by molar-refractivity contribution is 6.35. The normalized spacial score (nSPS) is 12.1. The Balaban J connectivity index is 1.96. The molecule has 0 unspecified atom stereocenters. The highest BCUT2D eigenvalue weighted by atomic mass is 35.5. The van der Waals surface area contributed by atoms with Crippen LogP contribution >= 0.6 is 11.6 Å². The van der Waals surface area contributed by atoms with Crippen molar-refractivity contribution in [3.8, 4) is 6.07 Å². The minimum atomic E-state index is -0.611. The van der Waals surface area contributed by atoms with Gasteiger partial charge >= 0.3 is 6.09 Å². The van der Waals surface area contributed by atoms with Gasteiger partial charge in [-0.25, -0.2) is 19.7 Å². The number of rotatable bonds is 8. The second-order valence-electron chi connectivity index (χ2n) is 9.04. The van der Waals surface area contributed by atoms with Crippen LogP contribution in [0.25, 0.3) is 10.9 Å². The number of ether oxygens (including phenoxy) is 1. The SMILES string of the molecule is CC[C@H](Nc1ncnc(N)c1C#N)c1nc2cccc(Cl)c2c(=O)n1CCCNC(=O)OC(C)(C)C. The number of alkyl carbamates (subject to hydrolysis) is 1. The Morgan fingerprint density at radius 3 is 2.75 bits per heavy atom. The fourth-order valence-electron chi connectivity index (χ4n) is 3.60. The lowest BCUT2D eigenvalue weighted by molar-refractivity contribution is 0.0526. The number of nitrogens with two attached hydrogens (primary N) is 1. The fraction of sp³-hybridized carbons (Fsp3) is 0.417. The lowest BCUT2D eigenvalue weighted by Crippen LogP contribution is -2.34. The smallest absolute Gasteiger partial charge is 0.407 e. The molecule has 0 bridgehead atoms. The molecule has 1 amide bonds. The molecule has 0 aliphatic rings. The van der Waals surface area contributed by atoms with Gasteiger partial charge in [-0.05, 0) is 45.7 Å². The molecule has 0 saturated heterocycles. The molecule has 0 saturated carbocycles. The molecule has 0 aliphatic heterocycles. The minimum Gasteiger partial charge on any atom is -0.444 e. The molecular weight excluding hydrogens is 484 g/mol. The van der Waals surface area contributed by atoms with E-state index in [0.29, 0.717) is 34.6 Å². The van der Waals surface area contributed by atoms with Gasteiger partial charge in [-0.3, -0.25) is 9.36 Å². The third kappa shape index (κ3) is 6.20. The van der Waals surface area contributed by atoms with Gasteiger partial charge in [0.1, 0.15) is 41.0 Å². The van der Waals surface area contributed by atoms with Crippen molar-refractivity contribution in [1.29, 1.82) is 5.26 Å². The van der Waals surface area contributed by atoms with E-state index in [0.717, 1.165) is 0 Å². The van der Waals surface area contributed by atoms with Crippen LogP contribution in [0.3, 0.4) is 0 Å². The predicted octanol–water partition coefficient (Wildman–Crippen LogP) is 3.77. The number of nitrogens with zero attached hydrogens (tertiary/aromatic N) is 5. The van der Waals surface area contributed by atoms with Crippen LogP contribution in [0, 0.1) is 11.3 Å². The van der Waals surface area contributed by atoms with Gasteiger partial charge in [0.2, 0.25) is 0 Å². The van der Waals surface area contributed by atoms with Gasteiger partial charge in [0, 0.05) is 13.1 Å². The summed E-state index contributed by atoms with van der Waals surface area (Å²) in [6.07, 6.45) is 1.68. The molecule has 190 valence electrons. The summed E-state index contributed by atoms with van der Waals surface area (Å²) in [5.74, 6) is 0.736. The zero-order chi connectivity index (χ0) is 26.5. The molecule has 4 N–H and O–H groups in total. The zero-order valence-electron chi connectivity index (χ0n) is 20.6. The van der Waals surface area contributed by atoms with Crippen molar-refractivity contribution >= 4 is 40.2 Å². The van der Waals surface area contributed by atoms with Crippen LogP contribution in [0.15, 0.2) is 29.3 Å². The maximum atomic E-state index is 13.5. The molecule has 0 fully saturated rings. The number of nitriles is 1.